The van der Waals surface area contributed by atoms with Gasteiger partial charge in [0.25, 0.3) is 0 Å². The Hall–Kier alpha value is -1.49. The predicted molar refractivity (Wildman–Crippen MR) is 56.8 cm³/mol. The van der Waals surface area contributed by atoms with Gasteiger partial charge in [-0.15, -0.1) is 0 Å². The van der Waals surface area contributed by atoms with Gasteiger partial charge in [-0.1, -0.05) is 0 Å². The highest BCUT2D eigenvalue weighted by molar-refractivity contribution is 5.76. The van der Waals surface area contributed by atoms with Crippen LogP contribution in [0, 0.1) is 11.6 Å². The van der Waals surface area contributed by atoms with Crippen molar-refractivity contribution >= 4 is 12.0 Å². The third-order valence-corrected chi connectivity index (χ3v) is 2.68. The van der Waals surface area contributed by atoms with E-state index in [0.717, 1.165) is 13.1 Å². The quantitative estimate of drug-likeness (QED) is 0.769. The van der Waals surface area contributed by atoms with Crippen molar-refractivity contribution in [3.05, 3.63) is 29.3 Å². The number of hydrogen-bond acceptors (Lipinski definition) is 3. The van der Waals surface area contributed by atoms with E-state index < -0.39 is 11.6 Å². The number of halogens is 2. The summed E-state index contributed by atoms with van der Waals surface area (Å²) in [5.74, 6) is -2.00. The van der Waals surface area contributed by atoms with Gasteiger partial charge in [-0.2, -0.15) is 0 Å². The maximum atomic E-state index is 13.6. The molecule has 16 heavy (non-hydrogen) atoms. The molecule has 1 heterocycles. The molecule has 1 aliphatic heterocycles. The maximum Gasteiger partial charge on any atom is 0.182 e. The molecule has 0 aliphatic carbocycles. The summed E-state index contributed by atoms with van der Waals surface area (Å²) in [4.78, 5) is 12.2. The van der Waals surface area contributed by atoms with E-state index in [-0.39, 0.29) is 11.3 Å². The number of carbonyl (C=O) groups excluding carboxylic acids is 1. The van der Waals surface area contributed by atoms with E-state index in [9.17, 15) is 13.6 Å². The lowest BCUT2D eigenvalue weighted by Gasteiger charge is -2.29. The molecule has 1 aromatic rings. The Kier molecular flexibility index (Phi) is 3.14. The van der Waals surface area contributed by atoms with Gasteiger partial charge in [0.2, 0.25) is 0 Å². The second-order valence-corrected chi connectivity index (χ2v) is 3.66. The largest absolute Gasteiger partial charge is 0.367 e. The molecule has 0 bridgehead atoms. The fourth-order valence-electron chi connectivity index (χ4n) is 1.80. The smallest absolute Gasteiger partial charge is 0.182 e. The third kappa shape index (κ3) is 1.90. The number of nitrogens with zero attached hydrogens (tertiary/aromatic N) is 1. The van der Waals surface area contributed by atoms with Gasteiger partial charge < -0.3 is 10.2 Å². The summed E-state index contributed by atoms with van der Waals surface area (Å²) in [5, 5.41) is 3.13. The SMILES string of the molecule is O=Cc1ccc(N2CCNCC2)c(F)c1F. The molecule has 1 aromatic carbocycles. The summed E-state index contributed by atoms with van der Waals surface area (Å²) in [6.45, 7) is 2.76. The minimum absolute atomic E-state index is 0.226. The van der Waals surface area contributed by atoms with Gasteiger partial charge in [-0.25, -0.2) is 8.78 Å². The molecule has 0 unspecified atom stereocenters. The van der Waals surface area contributed by atoms with Crippen molar-refractivity contribution < 1.29 is 13.6 Å². The summed E-state index contributed by atoms with van der Waals surface area (Å²) < 4.78 is 27.0. The average Bonchev–Trinajstić information content (AvgIpc) is 2.34. The number of benzene rings is 1. The first-order valence-electron chi connectivity index (χ1n) is 5.13. The molecule has 0 atom stereocenters. The monoisotopic (exact) mass is 226 g/mol. The first kappa shape index (κ1) is 11.0. The van der Waals surface area contributed by atoms with Gasteiger partial charge in [0.15, 0.2) is 17.9 Å². The first-order valence-corrected chi connectivity index (χ1v) is 5.13. The van der Waals surface area contributed by atoms with E-state index in [2.05, 4.69) is 5.32 Å². The van der Waals surface area contributed by atoms with Crippen molar-refractivity contribution in [1.29, 1.82) is 0 Å². The fraction of sp³-hybridized carbons (Fsp3) is 0.364. The van der Waals surface area contributed by atoms with Crippen LogP contribution in [0.2, 0.25) is 0 Å². The Morgan fingerprint density at radius 1 is 1.19 bits per heavy atom. The lowest BCUT2D eigenvalue weighted by Crippen LogP contribution is -2.44. The third-order valence-electron chi connectivity index (χ3n) is 2.68. The van der Waals surface area contributed by atoms with Crippen LogP contribution in [0.4, 0.5) is 14.5 Å². The molecular weight excluding hydrogens is 214 g/mol. The molecule has 0 aromatic heterocycles. The Labute approximate surface area is 92.1 Å². The zero-order chi connectivity index (χ0) is 11.5. The first-order chi connectivity index (χ1) is 7.74. The summed E-state index contributed by atoms with van der Waals surface area (Å²) in [7, 11) is 0. The van der Waals surface area contributed by atoms with E-state index in [1.165, 1.54) is 12.1 Å². The van der Waals surface area contributed by atoms with E-state index in [4.69, 9.17) is 0 Å². The van der Waals surface area contributed by atoms with Crippen LogP contribution in [0.5, 0.6) is 0 Å². The molecule has 3 nitrogen and oxygen atoms in total. The van der Waals surface area contributed by atoms with Crippen molar-refractivity contribution in [2.24, 2.45) is 0 Å². The lowest BCUT2D eigenvalue weighted by molar-refractivity contribution is 0.111. The van der Waals surface area contributed by atoms with Crippen LogP contribution in [0.15, 0.2) is 12.1 Å². The Morgan fingerprint density at radius 2 is 1.88 bits per heavy atom. The molecule has 0 saturated carbocycles. The van der Waals surface area contributed by atoms with E-state index in [1.54, 1.807) is 4.90 Å². The van der Waals surface area contributed by atoms with Crippen molar-refractivity contribution in [2.75, 3.05) is 31.1 Å². The molecule has 1 N–H and O–H groups in total. The molecule has 0 radical (unpaired) electrons. The number of hydrogen-bond donors (Lipinski definition) is 1. The van der Waals surface area contributed by atoms with Crippen LogP contribution in [-0.4, -0.2) is 32.5 Å². The van der Waals surface area contributed by atoms with Crippen molar-refractivity contribution in [3.63, 3.8) is 0 Å². The number of rotatable bonds is 2. The van der Waals surface area contributed by atoms with Crippen LogP contribution >= 0.6 is 0 Å². The minimum atomic E-state index is -1.06. The van der Waals surface area contributed by atoms with Crippen LogP contribution in [-0.2, 0) is 0 Å². The molecular formula is C11H12F2N2O. The summed E-state index contributed by atoms with van der Waals surface area (Å²) in [5.41, 5.74) is -0.0130. The van der Waals surface area contributed by atoms with Crippen LogP contribution in [0.3, 0.4) is 0 Å². The highest BCUT2D eigenvalue weighted by atomic mass is 19.2. The average molecular weight is 226 g/mol. The predicted octanol–water partition coefficient (Wildman–Crippen LogP) is 1.19. The summed E-state index contributed by atoms with van der Waals surface area (Å²) in [6, 6.07) is 2.76. The number of nitrogens with one attached hydrogen (secondary N) is 1. The van der Waals surface area contributed by atoms with Gasteiger partial charge >= 0.3 is 0 Å². The zero-order valence-electron chi connectivity index (χ0n) is 8.67. The van der Waals surface area contributed by atoms with Gasteiger partial charge in [0.1, 0.15) is 0 Å². The molecule has 1 aliphatic rings. The van der Waals surface area contributed by atoms with Crippen LogP contribution < -0.4 is 10.2 Å². The normalized spacial score (nSPS) is 16.2. The van der Waals surface area contributed by atoms with E-state index in [0.29, 0.717) is 19.4 Å². The Bertz CT molecular complexity index is 403. The lowest BCUT2D eigenvalue weighted by atomic mass is 10.1. The molecule has 2 rings (SSSR count). The maximum absolute atomic E-state index is 13.6. The van der Waals surface area contributed by atoms with Gasteiger partial charge in [0.05, 0.1) is 11.3 Å². The molecule has 1 fully saturated rings. The molecule has 0 amide bonds. The van der Waals surface area contributed by atoms with E-state index >= 15 is 0 Å². The Balaban J connectivity index is 2.34. The molecule has 1 saturated heterocycles. The second-order valence-electron chi connectivity index (χ2n) is 3.66. The van der Waals surface area contributed by atoms with Crippen molar-refractivity contribution in [1.82, 2.24) is 5.32 Å². The van der Waals surface area contributed by atoms with Crippen LogP contribution in [0.25, 0.3) is 0 Å². The number of aldehydes is 1. The summed E-state index contributed by atoms with van der Waals surface area (Å²) >= 11 is 0. The minimum Gasteiger partial charge on any atom is -0.367 e. The van der Waals surface area contributed by atoms with Gasteiger partial charge in [-0.3, -0.25) is 4.79 Å². The standard InChI is InChI=1S/C11H12F2N2O/c12-10-8(7-16)1-2-9(11(10)13)15-5-3-14-4-6-15/h1-2,7,14H,3-6H2. The van der Waals surface area contributed by atoms with Gasteiger partial charge in [-0.05, 0) is 12.1 Å². The second kappa shape index (κ2) is 4.57. The van der Waals surface area contributed by atoms with Crippen LogP contribution in [0.1, 0.15) is 10.4 Å². The number of carbonyl (C=O) groups is 1. The molecule has 86 valence electrons. The highest BCUT2D eigenvalue weighted by Gasteiger charge is 2.19. The van der Waals surface area contributed by atoms with E-state index in [1.807, 2.05) is 0 Å². The Morgan fingerprint density at radius 3 is 2.50 bits per heavy atom. The molecule has 5 heteroatoms. The highest BCUT2D eigenvalue weighted by Crippen LogP contribution is 2.23. The fourth-order valence-corrected chi connectivity index (χ4v) is 1.80. The van der Waals surface area contributed by atoms with Crippen molar-refractivity contribution in [2.45, 2.75) is 0 Å². The molecule has 0 spiro atoms. The van der Waals surface area contributed by atoms with Crippen molar-refractivity contribution in [3.8, 4) is 0 Å². The summed E-state index contributed by atoms with van der Waals surface area (Å²) in [6.07, 6.45) is 0.319. The topological polar surface area (TPSA) is 32.3 Å². The van der Waals surface area contributed by atoms with Gasteiger partial charge in [0, 0.05) is 26.2 Å². The number of anilines is 1. The zero-order valence-corrected chi connectivity index (χ0v) is 8.67. The number of piperazine rings is 1.